The lowest BCUT2D eigenvalue weighted by Gasteiger charge is -1.96. The summed E-state index contributed by atoms with van der Waals surface area (Å²) in [4.78, 5) is 14.6. The number of non-ortho nitro benzene ring substituents is 1. The molecule has 0 spiro atoms. The average molecular weight is 355 g/mol. The van der Waals surface area contributed by atoms with Gasteiger partial charge in [-0.05, 0) is 35.9 Å². The summed E-state index contributed by atoms with van der Waals surface area (Å²) in [5, 5.41) is 19.0. The van der Waals surface area contributed by atoms with Crippen molar-refractivity contribution in [1.29, 1.82) is 0 Å². The lowest BCUT2D eigenvalue weighted by Crippen LogP contribution is -2.12. The summed E-state index contributed by atoms with van der Waals surface area (Å²) in [5.74, 6) is 0.938. The van der Waals surface area contributed by atoms with E-state index in [1.807, 2.05) is 18.2 Å². The monoisotopic (exact) mass is 355 g/mol. The maximum Gasteiger partial charge on any atom is 0.269 e. The summed E-state index contributed by atoms with van der Waals surface area (Å²) < 4.78 is 6.12. The molecule has 3 rings (SSSR count). The lowest BCUT2D eigenvalue weighted by molar-refractivity contribution is -0.384. The molecule has 0 unspecified atom stereocenters. The molecule has 1 aromatic heterocycles. The quantitative estimate of drug-likeness (QED) is 0.327. The molecular formula is C16H13N5O3S. The van der Waals surface area contributed by atoms with Gasteiger partial charge in [0.1, 0.15) is 5.75 Å². The predicted molar refractivity (Wildman–Crippen MR) is 97.6 cm³/mol. The van der Waals surface area contributed by atoms with Crippen LogP contribution in [0.2, 0.25) is 0 Å². The van der Waals surface area contributed by atoms with E-state index in [0.717, 1.165) is 16.0 Å². The van der Waals surface area contributed by atoms with E-state index in [1.165, 1.54) is 29.7 Å². The van der Waals surface area contributed by atoms with Gasteiger partial charge in [0.2, 0.25) is 0 Å². The maximum atomic E-state index is 10.6. The molecule has 25 heavy (non-hydrogen) atoms. The first-order valence-corrected chi connectivity index (χ1v) is 7.94. The van der Waals surface area contributed by atoms with Crippen molar-refractivity contribution in [3.8, 4) is 5.75 Å². The Kier molecular flexibility index (Phi) is 4.66. The number of ether oxygens (including phenoxy) is 1. The first-order valence-electron chi connectivity index (χ1n) is 7.13. The second kappa shape index (κ2) is 7.05. The summed E-state index contributed by atoms with van der Waals surface area (Å²) >= 11 is 1.39. The summed E-state index contributed by atoms with van der Waals surface area (Å²) in [6, 6.07) is 11.5. The molecule has 0 saturated heterocycles. The third-order valence-electron chi connectivity index (χ3n) is 3.29. The molecule has 0 aliphatic carbocycles. The molecule has 8 nitrogen and oxygen atoms in total. The number of aromatic nitrogens is 1. The molecule has 0 radical (unpaired) electrons. The number of rotatable bonds is 5. The normalized spacial score (nSPS) is 12.0. The van der Waals surface area contributed by atoms with Gasteiger partial charge in [-0.2, -0.15) is 5.10 Å². The van der Waals surface area contributed by atoms with Gasteiger partial charge in [-0.15, -0.1) is 16.4 Å². The number of nitrogens with zero attached hydrogens (tertiary/aromatic N) is 4. The van der Waals surface area contributed by atoms with Crippen LogP contribution in [0.4, 0.5) is 5.69 Å². The standard InChI is InChI=1S/C16H13N5O3S/c1-24-12-6-7-13-14(8-12)25-16(19-13)15(17)20-18-9-10-2-4-11(5-3-10)21(22)23/h2-9H,1H3,(H2,17,20)/b18-9+. The highest BCUT2D eigenvalue weighted by atomic mass is 32.1. The predicted octanol–water partition coefficient (Wildman–Crippen LogP) is 2.95. The number of thiazole rings is 1. The summed E-state index contributed by atoms with van der Waals surface area (Å²) in [6.45, 7) is 0. The van der Waals surface area contributed by atoms with Crippen molar-refractivity contribution in [1.82, 2.24) is 4.98 Å². The van der Waals surface area contributed by atoms with E-state index in [0.29, 0.717) is 10.6 Å². The van der Waals surface area contributed by atoms with Crippen LogP contribution in [0, 0.1) is 10.1 Å². The molecule has 0 fully saturated rings. The Labute approximate surface area is 146 Å². The smallest absolute Gasteiger partial charge is 0.269 e. The van der Waals surface area contributed by atoms with Crippen LogP contribution in [-0.4, -0.2) is 29.1 Å². The van der Waals surface area contributed by atoms with Crippen molar-refractivity contribution in [3.05, 3.63) is 63.1 Å². The van der Waals surface area contributed by atoms with E-state index in [2.05, 4.69) is 15.2 Å². The minimum Gasteiger partial charge on any atom is -0.497 e. The number of hydrogen-bond donors (Lipinski definition) is 1. The number of benzene rings is 2. The third-order valence-corrected chi connectivity index (χ3v) is 4.33. The highest BCUT2D eigenvalue weighted by Gasteiger charge is 2.08. The molecule has 2 N–H and O–H groups in total. The second-order valence-corrected chi connectivity index (χ2v) is 5.96. The van der Waals surface area contributed by atoms with E-state index in [4.69, 9.17) is 10.5 Å². The minimum absolute atomic E-state index is 0.0186. The SMILES string of the molecule is COc1ccc2nc(/C(N)=N\N=C\c3ccc([N+](=O)[O-])cc3)sc2c1. The molecule has 126 valence electrons. The average Bonchev–Trinajstić information content (AvgIpc) is 3.05. The fourth-order valence-corrected chi connectivity index (χ4v) is 2.92. The van der Waals surface area contributed by atoms with Gasteiger partial charge in [0.15, 0.2) is 10.8 Å². The van der Waals surface area contributed by atoms with Crippen molar-refractivity contribution in [2.75, 3.05) is 7.11 Å². The summed E-state index contributed by atoms with van der Waals surface area (Å²) in [6.07, 6.45) is 1.47. The van der Waals surface area contributed by atoms with Crippen LogP contribution < -0.4 is 10.5 Å². The number of nitro groups is 1. The van der Waals surface area contributed by atoms with E-state index in [9.17, 15) is 10.1 Å². The molecule has 2 aromatic carbocycles. The minimum atomic E-state index is -0.459. The molecular weight excluding hydrogens is 342 g/mol. The number of methoxy groups -OCH3 is 1. The Morgan fingerprint density at radius 1 is 1.32 bits per heavy atom. The Hall–Kier alpha value is -3.33. The highest BCUT2D eigenvalue weighted by molar-refractivity contribution is 7.20. The number of nitro benzene ring substituents is 1. The summed E-state index contributed by atoms with van der Waals surface area (Å²) in [5.41, 5.74) is 7.42. The van der Waals surface area contributed by atoms with Crippen LogP contribution in [0.3, 0.4) is 0 Å². The van der Waals surface area contributed by atoms with Crippen molar-refractivity contribution in [3.63, 3.8) is 0 Å². The number of amidine groups is 1. The van der Waals surface area contributed by atoms with E-state index in [1.54, 1.807) is 19.2 Å². The van der Waals surface area contributed by atoms with Gasteiger partial charge < -0.3 is 10.5 Å². The van der Waals surface area contributed by atoms with Crippen LogP contribution in [0.1, 0.15) is 10.6 Å². The van der Waals surface area contributed by atoms with E-state index in [-0.39, 0.29) is 11.5 Å². The summed E-state index contributed by atoms with van der Waals surface area (Å²) in [7, 11) is 1.60. The van der Waals surface area contributed by atoms with Crippen molar-refractivity contribution >= 4 is 39.3 Å². The molecule has 0 saturated carbocycles. The zero-order chi connectivity index (χ0) is 17.8. The Bertz CT molecular complexity index is 979. The molecule has 1 heterocycles. The van der Waals surface area contributed by atoms with Gasteiger partial charge in [-0.1, -0.05) is 0 Å². The van der Waals surface area contributed by atoms with E-state index < -0.39 is 4.92 Å². The van der Waals surface area contributed by atoms with Gasteiger partial charge in [0.25, 0.3) is 5.69 Å². The fraction of sp³-hybridized carbons (Fsp3) is 0.0625. The Morgan fingerprint density at radius 3 is 2.76 bits per heavy atom. The molecule has 0 aliphatic rings. The molecule has 3 aromatic rings. The van der Waals surface area contributed by atoms with Crippen molar-refractivity contribution in [2.45, 2.75) is 0 Å². The third kappa shape index (κ3) is 3.78. The van der Waals surface area contributed by atoms with Crippen LogP contribution in [0.25, 0.3) is 10.2 Å². The first-order chi connectivity index (χ1) is 12.1. The van der Waals surface area contributed by atoms with Crippen LogP contribution >= 0.6 is 11.3 Å². The van der Waals surface area contributed by atoms with Gasteiger partial charge in [-0.3, -0.25) is 10.1 Å². The van der Waals surface area contributed by atoms with Crippen LogP contribution in [0.15, 0.2) is 52.7 Å². The number of hydrogen-bond acceptors (Lipinski definition) is 7. The topological polar surface area (TPSA) is 116 Å². The van der Waals surface area contributed by atoms with Gasteiger partial charge in [0.05, 0.1) is 28.5 Å². The molecule has 9 heteroatoms. The zero-order valence-electron chi connectivity index (χ0n) is 13.1. The fourth-order valence-electron chi connectivity index (χ4n) is 2.02. The highest BCUT2D eigenvalue weighted by Crippen LogP contribution is 2.26. The van der Waals surface area contributed by atoms with E-state index >= 15 is 0 Å². The number of nitrogens with two attached hydrogens (primary N) is 1. The van der Waals surface area contributed by atoms with Crippen molar-refractivity contribution in [2.24, 2.45) is 15.9 Å². The Balaban J connectivity index is 1.77. The molecule has 0 amide bonds. The molecule has 0 aliphatic heterocycles. The largest absolute Gasteiger partial charge is 0.497 e. The number of fused-ring (bicyclic) bond motifs is 1. The van der Waals surface area contributed by atoms with Gasteiger partial charge in [-0.25, -0.2) is 4.98 Å². The van der Waals surface area contributed by atoms with Gasteiger partial charge in [0, 0.05) is 12.1 Å². The zero-order valence-corrected chi connectivity index (χ0v) is 13.9. The first kappa shape index (κ1) is 16.5. The maximum absolute atomic E-state index is 10.6. The molecule has 0 bridgehead atoms. The van der Waals surface area contributed by atoms with Crippen LogP contribution in [0.5, 0.6) is 5.75 Å². The molecule has 0 atom stereocenters. The van der Waals surface area contributed by atoms with Gasteiger partial charge >= 0.3 is 0 Å². The van der Waals surface area contributed by atoms with Crippen LogP contribution in [-0.2, 0) is 0 Å². The Morgan fingerprint density at radius 2 is 2.08 bits per heavy atom. The lowest BCUT2D eigenvalue weighted by atomic mass is 10.2. The second-order valence-electron chi connectivity index (χ2n) is 4.93. The van der Waals surface area contributed by atoms with Crippen molar-refractivity contribution < 1.29 is 9.66 Å².